The maximum absolute atomic E-state index is 13.8. The van der Waals surface area contributed by atoms with E-state index in [9.17, 15) is 23.1 Å². The van der Waals surface area contributed by atoms with Crippen LogP contribution in [0.25, 0.3) is 22.4 Å². The monoisotopic (exact) mass is 552 g/mol. The smallest absolute Gasteiger partial charge is 0.277 e. The maximum Gasteiger partial charge on any atom is 0.277 e. The first-order valence-corrected chi connectivity index (χ1v) is 14.0. The van der Waals surface area contributed by atoms with Crippen LogP contribution in [0.3, 0.4) is 0 Å². The van der Waals surface area contributed by atoms with E-state index >= 15 is 0 Å². The molecular formula is C26H28N6O6S. The van der Waals surface area contributed by atoms with Crippen molar-refractivity contribution in [1.82, 2.24) is 19.7 Å². The molecule has 4 N–H and O–H groups in total. The van der Waals surface area contributed by atoms with Gasteiger partial charge in [0.1, 0.15) is 17.1 Å². The topological polar surface area (TPSA) is 168 Å². The van der Waals surface area contributed by atoms with Crippen molar-refractivity contribution in [3.05, 3.63) is 58.5 Å². The van der Waals surface area contributed by atoms with Gasteiger partial charge in [-0.3, -0.25) is 14.3 Å². The lowest BCUT2D eigenvalue weighted by Gasteiger charge is -2.21. The van der Waals surface area contributed by atoms with Gasteiger partial charge >= 0.3 is 0 Å². The minimum absolute atomic E-state index is 0.0924. The van der Waals surface area contributed by atoms with Crippen LogP contribution in [0.2, 0.25) is 0 Å². The van der Waals surface area contributed by atoms with E-state index in [1.807, 2.05) is 6.92 Å². The summed E-state index contributed by atoms with van der Waals surface area (Å²) in [7, 11) is -2.79. The number of carbonyl (C=O) groups is 1. The van der Waals surface area contributed by atoms with Crippen molar-refractivity contribution < 1.29 is 23.1 Å². The van der Waals surface area contributed by atoms with Crippen LogP contribution in [0.1, 0.15) is 26.0 Å². The van der Waals surface area contributed by atoms with Gasteiger partial charge in [0.2, 0.25) is 5.91 Å². The number of hydrogen-bond donors (Lipinski definition) is 4. The molecule has 0 fully saturated rings. The number of aryl methyl sites for hydroxylation is 2. The van der Waals surface area contributed by atoms with E-state index in [1.54, 1.807) is 38.2 Å². The van der Waals surface area contributed by atoms with Crippen LogP contribution in [0.15, 0.2) is 52.2 Å². The molecule has 2 aromatic carbocycles. The number of H-pyrrole nitrogens is 1. The van der Waals surface area contributed by atoms with Crippen LogP contribution in [-0.2, 0) is 28.1 Å². The highest BCUT2D eigenvalue weighted by Crippen LogP contribution is 2.34. The molecule has 13 heteroatoms. The molecular weight excluding hydrogens is 524 g/mol. The highest BCUT2D eigenvalue weighted by Gasteiger charge is 2.42. The van der Waals surface area contributed by atoms with Crippen LogP contribution in [0.4, 0.5) is 11.4 Å². The first-order chi connectivity index (χ1) is 18.6. The number of anilines is 2. The zero-order valence-corrected chi connectivity index (χ0v) is 22.4. The van der Waals surface area contributed by atoms with Crippen molar-refractivity contribution in [2.24, 2.45) is 7.05 Å². The van der Waals surface area contributed by atoms with E-state index in [1.165, 1.54) is 22.9 Å². The number of nitrogens with one attached hydrogen (secondary N) is 3. The standard InChI is InChI=1S/C26H28N6O6S/c1-4-8-18-20-21(32(3)31-18)24(33)30-23(29-20)15-13-14(11-12-19(15)38-5-2)39(36,37)22-25(34)27-16-9-6-7-10-17(16)28-26(22)35/h6-7,9-13,22,25,27,34H,4-5,8H2,1-3H3,(H,28,35)(H,29,30,33). The first kappa shape index (κ1) is 26.4. The van der Waals surface area contributed by atoms with Crippen molar-refractivity contribution in [3.63, 3.8) is 0 Å². The molecule has 204 valence electrons. The lowest BCUT2D eigenvalue weighted by Crippen LogP contribution is -2.46. The van der Waals surface area contributed by atoms with Gasteiger partial charge in [-0.1, -0.05) is 25.5 Å². The molecule has 0 bridgehead atoms. The predicted octanol–water partition coefficient (Wildman–Crippen LogP) is 2.20. The van der Waals surface area contributed by atoms with Crippen LogP contribution in [-0.4, -0.2) is 57.3 Å². The SMILES string of the molecule is CCCc1nn(C)c2c(=O)[nH]c(-c3cc(S(=O)(=O)C4C(=O)Nc5ccccc5NC4O)ccc3OCC)nc12. The fourth-order valence-corrected chi connectivity index (χ4v) is 6.27. The fourth-order valence-electron chi connectivity index (χ4n) is 4.69. The van der Waals surface area contributed by atoms with Gasteiger partial charge < -0.3 is 25.5 Å². The Morgan fingerprint density at radius 1 is 1.10 bits per heavy atom. The number of aliphatic hydroxyl groups excluding tert-OH is 1. The second kappa shape index (κ2) is 10.2. The van der Waals surface area contributed by atoms with E-state index < -0.39 is 32.8 Å². The summed E-state index contributed by atoms with van der Waals surface area (Å²) in [5.74, 6) is -0.506. The second-order valence-electron chi connectivity index (χ2n) is 9.11. The van der Waals surface area contributed by atoms with E-state index in [0.29, 0.717) is 34.5 Å². The number of aliphatic hydroxyl groups is 1. The summed E-state index contributed by atoms with van der Waals surface area (Å²) in [5.41, 5.74) is 1.86. The maximum atomic E-state index is 13.8. The van der Waals surface area contributed by atoms with Crippen molar-refractivity contribution >= 4 is 38.2 Å². The summed E-state index contributed by atoms with van der Waals surface area (Å²) in [6.45, 7) is 4.02. The number of carbonyl (C=O) groups excluding carboxylic acids is 1. The second-order valence-corrected chi connectivity index (χ2v) is 11.2. The van der Waals surface area contributed by atoms with Crippen LogP contribution < -0.4 is 20.9 Å². The van der Waals surface area contributed by atoms with Crippen LogP contribution >= 0.6 is 0 Å². The number of nitrogens with zero attached hydrogens (tertiary/aromatic N) is 3. The summed E-state index contributed by atoms with van der Waals surface area (Å²) in [5, 5.41) is 18.6. The lowest BCUT2D eigenvalue weighted by atomic mass is 10.1. The van der Waals surface area contributed by atoms with Gasteiger partial charge in [-0.15, -0.1) is 0 Å². The highest BCUT2D eigenvalue weighted by atomic mass is 32.2. The number of hydrogen-bond acceptors (Lipinski definition) is 9. The zero-order valence-electron chi connectivity index (χ0n) is 21.6. The number of aromatic amines is 1. The fraction of sp³-hybridized carbons (Fsp3) is 0.308. The summed E-state index contributed by atoms with van der Waals surface area (Å²) < 4.78 is 34.8. The predicted molar refractivity (Wildman–Crippen MR) is 145 cm³/mol. The molecule has 1 aliphatic rings. The summed E-state index contributed by atoms with van der Waals surface area (Å²) >= 11 is 0. The molecule has 0 spiro atoms. The molecule has 0 saturated heterocycles. The number of ether oxygens (including phenoxy) is 1. The number of aromatic nitrogens is 4. The largest absolute Gasteiger partial charge is 0.493 e. The van der Waals surface area contributed by atoms with Gasteiger partial charge in [0.25, 0.3) is 5.56 Å². The quantitative estimate of drug-likeness (QED) is 0.269. The average Bonchev–Trinajstić information content (AvgIpc) is 3.13. The highest BCUT2D eigenvalue weighted by molar-refractivity contribution is 7.93. The van der Waals surface area contributed by atoms with Crippen LogP contribution in [0.5, 0.6) is 5.75 Å². The van der Waals surface area contributed by atoms with Crippen molar-refractivity contribution in [3.8, 4) is 17.1 Å². The van der Waals surface area contributed by atoms with Gasteiger partial charge in [0.15, 0.2) is 26.8 Å². The number of para-hydroxylation sites is 2. The first-order valence-electron chi connectivity index (χ1n) is 12.5. The normalized spacial score (nSPS) is 17.3. The van der Waals surface area contributed by atoms with E-state index in [-0.39, 0.29) is 28.6 Å². The molecule has 1 amide bonds. The van der Waals surface area contributed by atoms with Crippen molar-refractivity contribution in [2.45, 2.75) is 43.1 Å². The molecule has 5 rings (SSSR count). The zero-order chi connectivity index (χ0) is 27.9. The third-order valence-corrected chi connectivity index (χ3v) is 8.50. The summed E-state index contributed by atoms with van der Waals surface area (Å²) in [4.78, 5) is 33.2. The summed E-state index contributed by atoms with van der Waals surface area (Å²) in [6, 6.07) is 10.6. The van der Waals surface area contributed by atoms with Gasteiger partial charge in [0.05, 0.1) is 34.1 Å². The Bertz CT molecular complexity index is 1750. The Balaban J connectivity index is 1.63. The number of rotatable bonds is 7. The van der Waals surface area contributed by atoms with E-state index in [2.05, 4.69) is 25.7 Å². The van der Waals surface area contributed by atoms with Gasteiger partial charge in [-0.2, -0.15) is 5.10 Å². The third kappa shape index (κ3) is 4.63. The van der Waals surface area contributed by atoms with Crippen molar-refractivity contribution in [2.75, 3.05) is 17.2 Å². The van der Waals surface area contributed by atoms with Gasteiger partial charge in [-0.05, 0) is 43.7 Å². The molecule has 2 atom stereocenters. The number of fused-ring (bicyclic) bond motifs is 2. The molecule has 2 aromatic heterocycles. The van der Waals surface area contributed by atoms with E-state index in [4.69, 9.17) is 4.74 Å². The Kier molecular flexibility index (Phi) is 6.87. The number of benzene rings is 2. The third-order valence-electron chi connectivity index (χ3n) is 6.45. The van der Waals surface area contributed by atoms with Crippen molar-refractivity contribution in [1.29, 1.82) is 0 Å². The Morgan fingerprint density at radius 2 is 1.85 bits per heavy atom. The average molecular weight is 553 g/mol. The minimum Gasteiger partial charge on any atom is -0.493 e. The Morgan fingerprint density at radius 3 is 2.56 bits per heavy atom. The number of sulfone groups is 1. The molecule has 4 aromatic rings. The van der Waals surface area contributed by atoms with Gasteiger partial charge in [-0.25, -0.2) is 13.4 Å². The molecule has 39 heavy (non-hydrogen) atoms. The molecule has 1 aliphatic heterocycles. The van der Waals surface area contributed by atoms with Gasteiger partial charge in [0, 0.05) is 7.05 Å². The molecule has 3 heterocycles. The minimum atomic E-state index is -4.45. The van der Waals surface area contributed by atoms with Crippen LogP contribution in [0, 0.1) is 0 Å². The number of amides is 1. The molecule has 2 unspecified atom stereocenters. The van der Waals surface area contributed by atoms with E-state index in [0.717, 1.165) is 6.42 Å². The lowest BCUT2D eigenvalue weighted by molar-refractivity contribution is -0.117. The summed E-state index contributed by atoms with van der Waals surface area (Å²) in [6.07, 6.45) is -0.336. The Labute approximate surface area is 224 Å². The molecule has 12 nitrogen and oxygen atoms in total. The molecule has 0 saturated carbocycles. The molecule has 0 aliphatic carbocycles. The molecule has 0 radical (unpaired) electrons. The Hall–Kier alpha value is -4.23.